The maximum absolute atomic E-state index is 12.1. The van der Waals surface area contributed by atoms with E-state index >= 15 is 0 Å². The zero-order valence-corrected chi connectivity index (χ0v) is 13.0. The van der Waals surface area contributed by atoms with Crippen molar-refractivity contribution in [3.8, 4) is 0 Å². The first-order valence-corrected chi connectivity index (χ1v) is 7.13. The van der Waals surface area contributed by atoms with Gasteiger partial charge in [-0.05, 0) is 58.5 Å². The third-order valence-electron chi connectivity index (χ3n) is 2.86. The zero-order valence-electron chi connectivity index (χ0n) is 10.8. The number of aromatic carboxylic acids is 1. The fourth-order valence-corrected chi connectivity index (χ4v) is 2.25. The SMILES string of the molecule is O=C(Nc1ccc(I)cc1C(=O)O)c1ccc(CO)cc1. The molecule has 2 aromatic rings. The second-order valence-electron chi connectivity index (χ2n) is 4.30. The summed E-state index contributed by atoms with van der Waals surface area (Å²) >= 11 is 2.01. The molecule has 0 heterocycles. The topological polar surface area (TPSA) is 86.6 Å². The summed E-state index contributed by atoms with van der Waals surface area (Å²) in [7, 11) is 0. The summed E-state index contributed by atoms with van der Waals surface area (Å²) in [4.78, 5) is 23.3. The maximum Gasteiger partial charge on any atom is 0.337 e. The summed E-state index contributed by atoms with van der Waals surface area (Å²) in [6.45, 7) is -0.0951. The number of aliphatic hydroxyl groups is 1. The van der Waals surface area contributed by atoms with Crippen LogP contribution in [-0.4, -0.2) is 22.1 Å². The molecule has 0 saturated heterocycles. The van der Waals surface area contributed by atoms with Crippen LogP contribution in [0.4, 0.5) is 5.69 Å². The Balaban J connectivity index is 2.24. The number of carboxylic acids is 1. The minimum Gasteiger partial charge on any atom is -0.478 e. The Bertz CT molecular complexity index is 683. The van der Waals surface area contributed by atoms with Gasteiger partial charge in [-0.3, -0.25) is 4.79 Å². The molecule has 0 aliphatic carbocycles. The van der Waals surface area contributed by atoms with Gasteiger partial charge in [-0.25, -0.2) is 4.79 Å². The third kappa shape index (κ3) is 3.79. The van der Waals surface area contributed by atoms with Crippen molar-refractivity contribution in [3.63, 3.8) is 0 Å². The minimum atomic E-state index is -1.10. The number of carboxylic acid groups (broad SMARTS) is 1. The molecule has 1 amide bonds. The molecule has 0 atom stereocenters. The number of carbonyl (C=O) groups excluding carboxylic acids is 1. The van der Waals surface area contributed by atoms with Gasteiger partial charge in [-0.1, -0.05) is 12.1 Å². The van der Waals surface area contributed by atoms with Crippen molar-refractivity contribution in [3.05, 3.63) is 62.7 Å². The largest absolute Gasteiger partial charge is 0.478 e. The lowest BCUT2D eigenvalue weighted by atomic mass is 10.1. The molecule has 6 heteroatoms. The molecule has 0 spiro atoms. The summed E-state index contributed by atoms with van der Waals surface area (Å²) in [6.07, 6.45) is 0. The molecule has 0 aliphatic rings. The lowest BCUT2D eigenvalue weighted by Crippen LogP contribution is -2.15. The van der Waals surface area contributed by atoms with E-state index in [1.165, 1.54) is 6.07 Å². The van der Waals surface area contributed by atoms with Gasteiger partial charge in [-0.2, -0.15) is 0 Å². The average Bonchev–Trinajstić information content (AvgIpc) is 2.49. The van der Waals surface area contributed by atoms with Crippen LogP contribution in [-0.2, 0) is 6.61 Å². The van der Waals surface area contributed by atoms with Crippen LogP contribution in [0.25, 0.3) is 0 Å². The van der Waals surface area contributed by atoms with Crippen molar-refractivity contribution in [2.75, 3.05) is 5.32 Å². The fourth-order valence-electron chi connectivity index (χ4n) is 1.76. The molecule has 108 valence electrons. The Labute approximate surface area is 134 Å². The predicted octanol–water partition coefficient (Wildman–Crippen LogP) is 2.73. The van der Waals surface area contributed by atoms with Crippen molar-refractivity contribution in [1.82, 2.24) is 0 Å². The Kier molecular flexibility index (Phi) is 4.92. The number of nitrogens with one attached hydrogen (secondary N) is 1. The fraction of sp³-hybridized carbons (Fsp3) is 0.0667. The van der Waals surface area contributed by atoms with E-state index in [0.717, 1.165) is 3.57 Å². The molecule has 5 nitrogen and oxygen atoms in total. The molecule has 0 unspecified atom stereocenters. The third-order valence-corrected chi connectivity index (χ3v) is 3.53. The highest BCUT2D eigenvalue weighted by molar-refractivity contribution is 14.1. The van der Waals surface area contributed by atoms with Gasteiger partial charge in [0.1, 0.15) is 0 Å². The van der Waals surface area contributed by atoms with Gasteiger partial charge in [0.05, 0.1) is 17.9 Å². The zero-order chi connectivity index (χ0) is 15.4. The summed E-state index contributed by atoms with van der Waals surface area (Å²) in [5.74, 6) is -1.50. The highest BCUT2D eigenvalue weighted by atomic mass is 127. The Morgan fingerprint density at radius 3 is 2.33 bits per heavy atom. The molecule has 2 rings (SSSR count). The number of amides is 1. The molecule has 0 aromatic heterocycles. The molecule has 0 aliphatic heterocycles. The van der Waals surface area contributed by atoms with Crippen LogP contribution in [0, 0.1) is 3.57 Å². The van der Waals surface area contributed by atoms with E-state index in [1.807, 2.05) is 22.6 Å². The quantitative estimate of drug-likeness (QED) is 0.693. The lowest BCUT2D eigenvalue weighted by molar-refractivity contribution is 0.0698. The van der Waals surface area contributed by atoms with Crippen LogP contribution in [0.15, 0.2) is 42.5 Å². The smallest absolute Gasteiger partial charge is 0.337 e. The van der Waals surface area contributed by atoms with Crippen LogP contribution in [0.2, 0.25) is 0 Å². The van der Waals surface area contributed by atoms with E-state index in [-0.39, 0.29) is 17.9 Å². The van der Waals surface area contributed by atoms with Gasteiger partial charge in [0.25, 0.3) is 5.91 Å². The number of rotatable bonds is 4. The summed E-state index contributed by atoms with van der Waals surface area (Å²) < 4.78 is 0.773. The van der Waals surface area contributed by atoms with Crippen LogP contribution in [0.1, 0.15) is 26.3 Å². The van der Waals surface area contributed by atoms with Gasteiger partial charge in [-0.15, -0.1) is 0 Å². The Hall–Kier alpha value is -1.93. The van der Waals surface area contributed by atoms with Crippen molar-refractivity contribution < 1.29 is 19.8 Å². The molecule has 0 saturated carbocycles. The van der Waals surface area contributed by atoms with E-state index in [9.17, 15) is 9.59 Å². The van der Waals surface area contributed by atoms with Gasteiger partial charge < -0.3 is 15.5 Å². The molecule has 21 heavy (non-hydrogen) atoms. The van der Waals surface area contributed by atoms with Gasteiger partial charge in [0, 0.05) is 9.13 Å². The van der Waals surface area contributed by atoms with E-state index < -0.39 is 11.9 Å². The highest BCUT2D eigenvalue weighted by Gasteiger charge is 2.14. The van der Waals surface area contributed by atoms with E-state index in [4.69, 9.17) is 10.2 Å². The first-order chi connectivity index (χ1) is 10.0. The molecule has 2 aromatic carbocycles. The van der Waals surface area contributed by atoms with Crippen LogP contribution in [0.3, 0.4) is 0 Å². The number of halogens is 1. The molecule has 0 radical (unpaired) electrons. The number of anilines is 1. The standard InChI is InChI=1S/C15H12INO4/c16-11-5-6-13(12(7-11)15(20)21)17-14(19)10-3-1-9(8-18)2-4-10/h1-7,18H,8H2,(H,17,19)(H,20,21). The monoisotopic (exact) mass is 397 g/mol. The maximum atomic E-state index is 12.1. The second kappa shape index (κ2) is 6.68. The number of aliphatic hydroxyl groups excluding tert-OH is 1. The van der Waals surface area contributed by atoms with Gasteiger partial charge in [0.2, 0.25) is 0 Å². The first-order valence-electron chi connectivity index (χ1n) is 6.05. The lowest BCUT2D eigenvalue weighted by Gasteiger charge is -2.09. The number of benzene rings is 2. The van der Waals surface area contributed by atoms with Gasteiger partial charge in [0.15, 0.2) is 0 Å². The van der Waals surface area contributed by atoms with E-state index in [0.29, 0.717) is 11.1 Å². The normalized spacial score (nSPS) is 10.2. The first kappa shape index (κ1) is 15.5. The van der Waals surface area contributed by atoms with Crippen LogP contribution >= 0.6 is 22.6 Å². The van der Waals surface area contributed by atoms with E-state index in [1.54, 1.807) is 36.4 Å². The van der Waals surface area contributed by atoms with Crippen molar-refractivity contribution >= 4 is 40.2 Å². The van der Waals surface area contributed by atoms with Crippen molar-refractivity contribution in [2.45, 2.75) is 6.61 Å². The van der Waals surface area contributed by atoms with Crippen LogP contribution < -0.4 is 5.32 Å². The number of carbonyl (C=O) groups is 2. The average molecular weight is 397 g/mol. The molecular formula is C15H12INO4. The molecule has 0 fully saturated rings. The summed E-state index contributed by atoms with van der Waals surface area (Å²) in [5, 5.41) is 20.7. The van der Waals surface area contributed by atoms with Gasteiger partial charge >= 0.3 is 5.97 Å². The highest BCUT2D eigenvalue weighted by Crippen LogP contribution is 2.20. The van der Waals surface area contributed by atoms with Crippen molar-refractivity contribution in [1.29, 1.82) is 0 Å². The Morgan fingerprint density at radius 1 is 1.10 bits per heavy atom. The summed E-state index contributed by atoms with van der Waals surface area (Å²) in [5.41, 5.74) is 1.38. The predicted molar refractivity (Wildman–Crippen MR) is 86.4 cm³/mol. The van der Waals surface area contributed by atoms with E-state index in [2.05, 4.69) is 5.32 Å². The summed E-state index contributed by atoms with van der Waals surface area (Å²) in [6, 6.07) is 11.2. The van der Waals surface area contributed by atoms with Crippen LogP contribution in [0.5, 0.6) is 0 Å². The molecule has 3 N–H and O–H groups in total. The second-order valence-corrected chi connectivity index (χ2v) is 5.55. The number of hydrogen-bond acceptors (Lipinski definition) is 3. The molecular weight excluding hydrogens is 385 g/mol. The Morgan fingerprint density at radius 2 is 1.76 bits per heavy atom. The van der Waals surface area contributed by atoms with Crippen molar-refractivity contribution in [2.24, 2.45) is 0 Å². The number of hydrogen-bond donors (Lipinski definition) is 3. The minimum absolute atomic E-state index is 0.0437. The molecule has 0 bridgehead atoms.